The van der Waals surface area contributed by atoms with Gasteiger partial charge in [0.15, 0.2) is 5.82 Å². The van der Waals surface area contributed by atoms with Crippen LogP contribution >= 0.6 is 15.9 Å². The van der Waals surface area contributed by atoms with Gasteiger partial charge in [0.05, 0.1) is 23.8 Å². The number of nitrogen functional groups attached to an aromatic ring is 1. The predicted octanol–water partition coefficient (Wildman–Crippen LogP) is 1.60. The average Bonchev–Trinajstić information content (AvgIpc) is 2.68. The minimum absolute atomic E-state index is 0.338. The van der Waals surface area contributed by atoms with Crippen molar-refractivity contribution in [2.75, 3.05) is 11.1 Å². The molecule has 2 heterocycles. The molecule has 0 bridgehead atoms. The summed E-state index contributed by atoms with van der Waals surface area (Å²) in [4.78, 5) is 20.2. The molecule has 0 aliphatic heterocycles. The highest BCUT2D eigenvalue weighted by Crippen LogP contribution is 2.17. The maximum Gasteiger partial charge on any atom is 0.277 e. The lowest BCUT2D eigenvalue weighted by molar-refractivity contribution is 0.101. The van der Waals surface area contributed by atoms with Crippen molar-refractivity contribution in [2.24, 2.45) is 0 Å². The number of hydrogen-bond acceptors (Lipinski definition) is 5. The van der Waals surface area contributed by atoms with Crippen LogP contribution in [0.4, 0.5) is 11.5 Å². The van der Waals surface area contributed by atoms with Crippen LogP contribution in [0.5, 0.6) is 0 Å². The van der Waals surface area contributed by atoms with Gasteiger partial charge in [-0.25, -0.2) is 9.97 Å². The molecule has 0 saturated carbocycles. The number of nitrogens with two attached hydrogens (primary N) is 1. The van der Waals surface area contributed by atoms with E-state index in [1.165, 1.54) is 12.4 Å². The first-order chi connectivity index (χ1) is 9.02. The number of aromatic nitrogens is 4. The van der Waals surface area contributed by atoms with Crippen molar-refractivity contribution < 1.29 is 4.79 Å². The molecule has 100 valence electrons. The molecule has 0 unspecified atom stereocenters. The summed E-state index contributed by atoms with van der Waals surface area (Å²) in [7, 11) is 0. The predicted molar refractivity (Wildman–Crippen MR) is 74.7 cm³/mol. The maximum absolute atomic E-state index is 12.2. The largest absolute Gasteiger partial charge is 0.395 e. The molecule has 0 aliphatic rings. The van der Waals surface area contributed by atoms with Gasteiger partial charge in [-0.3, -0.25) is 9.48 Å². The molecular formula is C11H13BrN6O. The summed E-state index contributed by atoms with van der Waals surface area (Å²) in [6.45, 7) is 4.21. The quantitative estimate of drug-likeness (QED) is 0.893. The van der Waals surface area contributed by atoms with Crippen LogP contribution in [0, 0.1) is 6.92 Å². The Morgan fingerprint density at radius 2 is 2.21 bits per heavy atom. The number of hydrogen-bond donors (Lipinski definition) is 2. The number of carbonyl (C=O) groups excluding carboxylic acids is 1. The van der Waals surface area contributed by atoms with Crippen LogP contribution in [0.3, 0.4) is 0 Å². The number of rotatable bonds is 3. The molecule has 0 aromatic carbocycles. The molecule has 8 heteroatoms. The van der Waals surface area contributed by atoms with Crippen LogP contribution in [0.15, 0.2) is 17.0 Å². The third-order valence-corrected chi connectivity index (χ3v) is 2.96. The molecule has 0 spiro atoms. The zero-order valence-electron chi connectivity index (χ0n) is 10.5. The summed E-state index contributed by atoms with van der Waals surface area (Å²) >= 11 is 3.17. The highest BCUT2D eigenvalue weighted by Gasteiger charge is 2.19. The second-order valence-corrected chi connectivity index (χ2v) is 4.65. The van der Waals surface area contributed by atoms with Gasteiger partial charge < -0.3 is 11.1 Å². The molecule has 1 amide bonds. The molecule has 2 aromatic rings. The topological polar surface area (TPSA) is 98.7 Å². The van der Waals surface area contributed by atoms with Crippen LogP contribution in [-0.4, -0.2) is 25.7 Å². The molecule has 0 saturated heterocycles. The minimum atomic E-state index is -0.350. The third kappa shape index (κ3) is 2.73. The summed E-state index contributed by atoms with van der Waals surface area (Å²) in [5.74, 6) is 0.00526. The van der Waals surface area contributed by atoms with Gasteiger partial charge >= 0.3 is 0 Å². The van der Waals surface area contributed by atoms with Crippen molar-refractivity contribution in [1.29, 1.82) is 0 Å². The Balaban J connectivity index is 2.27. The van der Waals surface area contributed by atoms with Gasteiger partial charge in [-0.05, 0) is 29.8 Å². The Labute approximate surface area is 118 Å². The monoisotopic (exact) mass is 324 g/mol. The lowest BCUT2D eigenvalue weighted by atomic mass is 10.3. The summed E-state index contributed by atoms with van der Waals surface area (Å²) in [5.41, 5.74) is 7.22. The van der Waals surface area contributed by atoms with E-state index in [1.54, 1.807) is 11.6 Å². The van der Waals surface area contributed by atoms with Gasteiger partial charge in [0.25, 0.3) is 5.91 Å². The van der Waals surface area contributed by atoms with Gasteiger partial charge in [0.2, 0.25) is 0 Å². The first kappa shape index (κ1) is 13.5. The number of anilines is 2. The second kappa shape index (κ2) is 5.35. The van der Waals surface area contributed by atoms with E-state index in [0.717, 1.165) is 0 Å². The fraction of sp³-hybridized carbons (Fsp3) is 0.273. The number of aryl methyl sites for hydroxylation is 2. The molecule has 3 N–H and O–H groups in total. The summed E-state index contributed by atoms with van der Waals surface area (Å²) in [6.07, 6.45) is 2.96. The molecule has 0 atom stereocenters. The van der Waals surface area contributed by atoms with Crippen LogP contribution < -0.4 is 11.1 Å². The molecular weight excluding hydrogens is 312 g/mol. The zero-order chi connectivity index (χ0) is 14.0. The van der Waals surface area contributed by atoms with Crippen LogP contribution in [0.1, 0.15) is 23.1 Å². The average molecular weight is 325 g/mol. The number of halogens is 1. The van der Waals surface area contributed by atoms with Crippen molar-refractivity contribution in [2.45, 2.75) is 20.4 Å². The fourth-order valence-electron chi connectivity index (χ4n) is 1.62. The molecule has 0 radical (unpaired) electrons. The lowest BCUT2D eigenvalue weighted by Crippen LogP contribution is -2.19. The van der Waals surface area contributed by atoms with Gasteiger partial charge in [0, 0.05) is 6.54 Å². The Hall–Kier alpha value is -1.96. The van der Waals surface area contributed by atoms with E-state index in [2.05, 4.69) is 36.3 Å². The molecule has 0 aliphatic carbocycles. The van der Waals surface area contributed by atoms with E-state index in [1.807, 2.05) is 6.92 Å². The Bertz CT molecular complexity index is 606. The van der Waals surface area contributed by atoms with Crippen molar-refractivity contribution in [1.82, 2.24) is 19.7 Å². The lowest BCUT2D eigenvalue weighted by Gasteiger charge is -2.06. The summed E-state index contributed by atoms with van der Waals surface area (Å²) in [6, 6.07) is 0. The van der Waals surface area contributed by atoms with Crippen LogP contribution in [0.2, 0.25) is 0 Å². The normalized spacial score (nSPS) is 10.5. The highest BCUT2D eigenvalue weighted by atomic mass is 79.9. The molecule has 19 heavy (non-hydrogen) atoms. The smallest absolute Gasteiger partial charge is 0.277 e. The standard InChI is InChI=1S/C11H13BrN6O/c1-3-18-10(9(13)6(2)17-18)11(19)16-8-5-14-7(12)4-15-8/h4-5H,3,13H2,1-2H3,(H,15,16,19). The number of carbonyl (C=O) groups is 1. The second-order valence-electron chi connectivity index (χ2n) is 3.84. The highest BCUT2D eigenvalue weighted by molar-refractivity contribution is 9.10. The van der Waals surface area contributed by atoms with Gasteiger partial charge in [-0.1, -0.05) is 0 Å². The fourth-order valence-corrected chi connectivity index (χ4v) is 1.82. The van der Waals surface area contributed by atoms with E-state index in [-0.39, 0.29) is 5.91 Å². The molecule has 2 aromatic heterocycles. The number of amides is 1. The van der Waals surface area contributed by atoms with E-state index in [4.69, 9.17) is 5.73 Å². The SMILES string of the molecule is CCn1nc(C)c(N)c1C(=O)Nc1cnc(Br)cn1. The Kier molecular flexibility index (Phi) is 3.79. The van der Waals surface area contributed by atoms with Gasteiger partial charge in [0.1, 0.15) is 10.3 Å². The van der Waals surface area contributed by atoms with E-state index >= 15 is 0 Å². The van der Waals surface area contributed by atoms with E-state index in [9.17, 15) is 4.79 Å². The molecule has 7 nitrogen and oxygen atoms in total. The van der Waals surface area contributed by atoms with Crippen molar-refractivity contribution >= 4 is 33.3 Å². The zero-order valence-corrected chi connectivity index (χ0v) is 12.1. The van der Waals surface area contributed by atoms with Crippen molar-refractivity contribution in [3.05, 3.63) is 28.4 Å². The van der Waals surface area contributed by atoms with Crippen LogP contribution in [-0.2, 0) is 6.54 Å². The number of nitrogens with one attached hydrogen (secondary N) is 1. The van der Waals surface area contributed by atoms with Crippen LogP contribution in [0.25, 0.3) is 0 Å². The Morgan fingerprint density at radius 3 is 2.79 bits per heavy atom. The van der Waals surface area contributed by atoms with E-state index < -0.39 is 0 Å². The minimum Gasteiger partial charge on any atom is -0.395 e. The molecule has 0 fully saturated rings. The first-order valence-corrected chi connectivity index (χ1v) is 6.44. The Morgan fingerprint density at radius 1 is 1.47 bits per heavy atom. The van der Waals surface area contributed by atoms with E-state index in [0.29, 0.717) is 34.0 Å². The summed E-state index contributed by atoms with van der Waals surface area (Å²) in [5, 5.41) is 6.83. The third-order valence-electron chi connectivity index (χ3n) is 2.55. The van der Waals surface area contributed by atoms with Crippen molar-refractivity contribution in [3.63, 3.8) is 0 Å². The van der Waals surface area contributed by atoms with Gasteiger partial charge in [-0.15, -0.1) is 0 Å². The molecule has 2 rings (SSSR count). The first-order valence-electron chi connectivity index (χ1n) is 5.64. The number of nitrogens with zero attached hydrogens (tertiary/aromatic N) is 4. The van der Waals surface area contributed by atoms with Crippen molar-refractivity contribution in [3.8, 4) is 0 Å². The summed E-state index contributed by atoms with van der Waals surface area (Å²) < 4.78 is 2.16. The maximum atomic E-state index is 12.2. The van der Waals surface area contributed by atoms with Gasteiger partial charge in [-0.2, -0.15) is 5.10 Å².